The van der Waals surface area contributed by atoms with Gasteiger partial charge >= 0.3 is 0 Å². The maximum absolute atomic E-state index is 10.6. The monoisotopic (exact) mass is 437 g/mol. The lowest BCUT2D eigenvalue weighted by atomic mass is 9.76. The van der Waals surface area contributed by atoms with Gasteiger partial charge in [0.1, 0.15) is 0 Å². The van der Waals surface area contributed by atoms with Gasteiger partial charge in [-0.2, -0.15) is 5.06 Å². The van der Waals surface area contributed by atoms with Crippen LogP contribution in [0, 0.1) is 0 Å². The van der Waals surface area contributed by atoms with Crippen molar-refractivity contribution in [2.24, 2.45) is 0 Å². The third kappa shape index (κ3) is 7.18. The Labute approximate surface area is 198 Å². The number of hydroxylamine groups is 2. The predicted molar refractivity (Wildman–Crippen MR) is 138 cm³/mol. The molecule has 1 N–H and O–H groups in total. The maximum atomic E-state index is 10.6. The molecule has 178 valence electrons. The van der Waals surface area contributed by atoms with Crippen LogP contribution < -0.4 is 0 Å². The zero-order valence-corrected chi connectivity index (χ0v) is 21.6. The molecule has 0 spiro atoms. The molecule has 2 aromatic rings. The van der Waals surface area contributed by atoms with Gasteiger partial charge in [0, 0.05) is 13.1 Å². The van der Waals surface area contributed by atoms with Gasteiger partial charge in [-0.1, -0.05) is 116 Å². The fourth-order valence-electron chi connectivity index (χ4n) is 4.69. The van der Waals surface area contributed by atoms with Gasteiger partial charge in [0.15, 0.2) is 0 Å². The molecule has 0 saturated carbocycles. The molecule has 0 bridgehead atoms. The average Bonchev–Trinajstić information content (AvgIpc) is 2.81. The van der Waals surface area contributed by atoms with Crippen LogP contribution in [0.3, 0.4) is 0 Å². The molecule has 0 radical (unpaired) electrons. The van der Waals surface area contributed by atoms with Crippen molar-refractivity contribution in [3.05, 3.63) is 70.8 Å². The van der Waals surface area contributed by atoms with Gasteiger partial charge in [0.05, 0.1) is 0 Å². The zero-order chi connectivity index (χ0) is 23.6. The normalized spacial score (nSPS) is 15.5. The SMILES string of the molecule is CCCCC(C)(CC)c1ccc(CN(O)Cc2ccc(C(C)(CC)CCCC)cc2)cc1. The van der Waals surface area contributed by atoms with Crippen molar-refractivity contribution in [3.63, 3.8) is 0 Å². The number of hydrogen-bond acceptors (Lipinski definition) is 2. The fraction of sp³-hybridized carbons (Fsp3) is 0.600. The van der Waals surface area contributed by atoms with E-state index in [1.165, 1.54) is 54.7 Å². The smallest absolute Gasteiger partial charge is 0.0492 e. The van der Waals surface area contributed by atoms with Crippen LogP contribution in [0.1, 0.15) is 115 Å². The second-order valence-corrected chi connectivity index (χ2v) is 10.3. The summed E-state index contributed by atoms with van der Waals surface area (Å²) in [5, 5.41) is 12.0. The molecule has 2 heteroatoms. The summed E-state index contributed by atoms with van der Waals surface area (Å²) in [5.41, 5.74) is 5.64. The van der Waals surface area contributed by atoms with Crippen molar-refractivity contribution < 1.29 is 5.21 Å². The van der Waals surface area contributed by atoms with Crippen molar-refractivity contribution >= 4 is 0 Å². The van der Waals surface area contributed by atoms with E-state index in [1.54, 1.807) is 0 Å². The van der Waals surface area contributed by atoms with Gasteiger partial charge in [0.25, 0.3) is 0 Å². The molecule has 0 amide bonds. The van der Waals surface area contributed by atoms with Crippen LogP contribution in [-0.4, -0.2) is 10.3 Å². The van der Waals surface area contributed by atoms with Gasteiger partial charge in [-0.3, -0.25) is 0 Å². The molecule has 2 rings (SSSR count). The molecule has 0 aromatic heterocycles. The first-order valence-electron chi connectivity index (χ1n) is 12.9. The van der Waals surface area contributed by atoms with Crippen LogP contribution in [0.5, 0.6) is 0 Å². The number of nitrogens with zero attached hydrogens (tertiary/aromatic N) is 1. The van der Waals surface area contributed by atoms with Gasteiger partial charge in [-0.15, -0.1) is 0 Å². The second-order valence-electron chi connectivity index (χ2n) is 10.3. The quantitative estimate of drug-likeness (QED) is 0.298. The topological polar surface area (TPSA) is 23.5 Å². The van der Waals surface area contributed by atoms with Crippen LogP contribution in [0.25, 0.3) is 0 Å². The molecular formula is C30H47NO. The van der Waals surface area contributed by atoms with Crippen LogP contribution in [0.15, 0.2) is 48.5 Å². The summed E-state index contributed by atoms with van der Waals surface area (Å²) < 4.78 is 0. The third-order valence-electron chi connectivity index (χ3n) is 7.76. The van der Waals surface area contributed by atoms with E-state index in [0.29, 0.717) is 13.1 Å². The summed E-state index contributed by atoms with van der Waals surface area (Å²) in [6.07, 6.45) is 9.80. The lowest BCUT2D eigenvalue weighted by Crippen LogP contribution is -2.22. The molecule has 0 heterocycles. The van der Waals surface area contributed by atoms with Gasteiger partial charge in [0.2, 0.25) is 0 Å². The summed E-state index contributed by atoms with van der Waals surface area (Å²) in [6.45, 7) is 15.0. The first kappa shape index (κ1) is 26.6. The van der Waals surface area contributed by atoms with Crippen molar-refractivity contribution in [2.75, 3.05) is 0 Å². The minimum Gasteiger partial charge on any atom is -0.313 e. The Morgan fingerprint density at radius 3 is 1.25 bits per heavy atom. The molecule has 2 aromatic carbocycles. The summed E-state index contributed by atoms with van der Waals surface area (Å²) in [5.74, 6) is 0. The largest absolute Gasteiger partial charge is 0.313 e. The van der Waals surface area contributed by atoms with E-state index < -0.39 is 0 Å². The second kappa shape index (κ2) is 12.6. The Morgan fingerprint density at radius 2 is 0.969 bits per heavy atom. The Kier molecular flexibility index (Phi) is 10.4. The Bertz CT molecular complexity index is 714. The highest BCUT2D eigenvalue weighted by Gasteiger charge is 2.24. The van der Waals surface area contributed by atoms with Crippen LogP contribution >= 0.6 is 0 Å². The zero-order valence-electron chi connectivity index (χ0n) is 21.6. The highest BCUT2D eigenvalue weighted by atomic mass is 16.5. The van der Waals surface area contributed by atoms with Crippen molar-refractivity contribution in [1.82, 2.24) is 5.06 Å². The average molecular weight is 438 g/mol. The van der Waals surface area contributed by atoms with E-state index in [0.717, 1.165) is 24.0 Å². The Balaban J connectivity index is 1.98. The minimum absolute atomic E-state index is 0.249. The van der Waals surface area contributed by atoms with Crippen molar-refractivity contribution in [1.29, 1.82) is 0 Å². The minimum atomic E-state index is 0.249. The van der Waals surface area contributed by atoms with Crippen LogP contribution in [0.4, 0.5) is 0 Å². The van der Waals surface area contributed by atoms with Crippen LogP contribution in [-0.2, 0) is 23.9 Å². The molecule has 0 saturated heterocycles. The number of unbranched alkanes of at least 4 members (excludes halogenated alkanes) is 2. The molecule has 2 atom stereocenters. The van der Waals surface area contributed by atoms with Crippen LogP contribution in [0.2, 0.25) is 0 Å². The number of hydrogen-bond donors (Lipinski definition) is 1. The van der Waals surface area contributed by atoms with Crippen molar-refractivity contribution in [2.45, 2.75) is 117 Å². The first-order valence-corrected chi connectivity index (χ1v) is 12.9. The third-order valence-corrected chi connectivity index (χ3v) is 7.76. The van der Waals surface area contributed by atoms with E-state index in [-0.39, 0.29) is 10.8 Å². The maximum Gasteiger partial charge on any atom is 0.0492 e. The molecular weight excluding hydrogens is 390 g/mol. The van der Waals surface area contributed by atoms with E-state index >= 15 is 0 Å². The van der Waals surface area contributed by atoms with E-state index in [2.05, 4.69) is 90.1 Å². The van der Waals surface area contributed by atoms with Gasteiger partial charge in [-0.25, -0.2) is 0 Å². The Morgan fingerprint density at radius 1 is 0.625 bits per heavy atom. The molecule has 2 unspecified atom stereocenters. The molecule has 0 aliphatic heterocycles. The number of benzene rings is 2. The van der Waals surface area contributed by atoms with E-state index in [1.807, 2.05) is 0 Å². The van der Waals surface area contributed by atoms with E-state index in [4.69, 9.17) is 0 Å². The molecule has 0 fully saturated rings. The van der Waals surface area contributed by atoms with Gasteiger partial charge in [-0.05, 0) is 58.8 Å². The first-order chi connectivity index (χ1) is 15.3. The highest BCUT2D eigenvalue weighted by Crippen LogP contribution is 2.34. The summed E-state index contributed by atoms with van der Waals surface area (Å²) in [7, 11) is 0. The number of rotatable bonds is 14. The molecule has 32 heavy (non-hydrogen) atoms. The summed E-state index contributed by atoms with van der Waals surface area (Å²) >= 11 is 0. The fourth-order valence-corrected chi connectivity index (χ4v) is 4.69. The lowest BCUT2D eigenvalue weighted by molar-refractivity contribution is -0.108. The molecule has 0 aliphatic carbocycles. The molecule has 0 aliphatic rings. The summed E-state index contributed by atoms with van der Waals surface area (Å²) in [4.78, 5) is 0. The lowest BCUT2D eigenvalue weighted by Gasteiger charge is -2.29. The van der Waals surface area contributed by atoms with Crippen molar-refractivity contribution in [3.8, 4) is 0 Å². The molecule has 2 nitrogen and oxygen atoms in total. The standard InChI is InChI=1S/C30H47NO/c1-7-11-21-29(5,9-3)27-17-13-25(14-18-27)23-31(32)24-26-15-19-28(20-16-26)30(6,10-4)22-12-8-2/h13-20,32H,7-12,21-24H2,1-6H3. The predicted octanol–water partition coefficient (Wildman–Crippen LogP) is 8.79. The van der Waals surface area contributed by atoms with E-state index in [9.17, 15) is 5.21 Å². The van der Waals surface area contributed by atoms with Gasteiger partial charge < -0.3 is 5.21 Å². The highest BCUT2D eigenvalue weighted by molar-refractivity contribution is 5.30. The Hall–Kier alpha value is -1.64. The summed E-state index contributed by atoms with van der Waals surface area (Å²) in [6, 6.07) is 17.8.